The molecule has 0 spiro atoms. The second-order valence-electron chi connectivity index (χ2n) is 5.48. The number of benzene rings is 2. The van der Waals surface area contributed by atoms with Crippen molar-refractivity contribution in [2.75, 3.05) is 10.6 Å². The molecule has 0 aliphatic carbocycles. The minimum Gasteiger partial charge on any atom is -0.339 e. The van der Waals surface area contributed by atoms with E-state index in [1.807, 2.05) is 48.5 Å². The second-order valence-corrected chi connectivity index (χ2v) is 5.48. The topological polar surface area (TPSA) is 77.8 Å². The molecule has 1 aromatic heterocycles. The van der Waals surface area contributed by atoms with E-state index in [0.29, 0.717) is 17.1 Å². The quantitative estimate of drug-likeness (QED) is 0.747. The summed E-state index contributed by atoms with van der Waals surface area (Å²) in [4.78, 5) is 15.6. The number of hydrogen-bond donors (Lipinski definition) is 2. The number of carbonyl (C=O) groups is 1. The van der Waals surface area contributed by atoms with Gasteiger partial charge >= 0.3 is 0 Å². The lowest BCUT2D eigenvalue weighted by Crippen LogP contribution is -2.06. The van der Waals surface area contributed by atoms with Gasteiger partial charge in [0, 0.05) is 30.1 Å². The zero-order chi connectivity index (χ0) is 17.6. The van der Waals surface area contributed by atoms with Crippen molar-refractivity contribution < 1.29 is 4.79 Å². The van der Waals surface area contributed by atoms with Gasteiger partial charge in [-0.15, -0.1) is 0 Å². The van der Waals surface area contributed by atoms with Crippen molar-refractivity contribution in [1.29, 1.82) is 5.26 Å². The van der Waals surface area contributed by atoms with Crippen LogP contribution >= 0.6 is 0 Å². The zero-order valence-corrected chi connectivity index (χ0v) is 13.7. The van der Waals surface area contributed by atoms with Gasteiger partial charge in [-0.3, -0.25) is 4.79 Å². The number of nitrogens with one attached hydrogen (secondary N) is 2. The Morgan fingerprint density at radius 2 is 1.76 bits per heavy atom. The van der Waals surface area contributed by atoms with Crippen molar-refractivity contribution in [1.82, 2.24) is 4.98 Å². The number of hydrogen-bond acceptors (Lipinski definition) is 4. The minimum absolute atomic E-state index is 0.139. The molecule has 2 aromatic carbocycles. The highest BCUT2D eigenvalue weighted by Crippen LogP contribution is 2.25. The van der Waals surface area contributed by atoms with Crippen LogP contribution < -0.4 is 10.6 Å². The van der Waals surface area contributed by atoms with Crippen molar-refractivity contribution in [3.63, 3.8) is 0 Å². The van der Waals surface area contributed by atoms with Crippen LogP contribution in [-0.4, -0.2) is 10.9 Å². The van der Waals surface area contributed by atoms with E-state index in [1.165, 1.54) is 6.92 Å². The molecule has 3 rings (SSSR count). The largest absolute Gasteiger partial charge is 0.339 e. The molecule has 2 N–H and O–H groups in total. The van der Waals surface area contributed by atoms with Crippen LogP contribution in [0.1, 0.15) is 12.5 Å². The molecule has 5 heteroatoms. The average molecular weight is 328 g/mol. The number of pyridine rings is 1. The third-order valence-electron chi connectivity index (χ3n) is 3.56. The van der Waals surface area contributed by atoms with Crippen LogP contribution in [0.4, 0.5) is 17.2 Å². The van der Waals surface area contributed by atoms with E-state index in [-0.39, 0.29) is 5.91 Å². The molecule has 1 amide bonds. The van der Waals surface area contributed by atoms with Gasteiger partial charge in [-0.25, -0.2) is 4.98 Å². The summed E-state index contributed by atoms with van der Waals surface area (Å²) >= 11 is 0. The third kappa shape index (κ3) is 4.01. The lowest BCUT2D eigenvalue weighted by molar-refractivity contribution is -0.114. The number of anilines is 3. The lowest BCUT2D eigenvalue weighted by Gasteiger charge is -2.10. The highest BCUT2D eigenvalue weighted by atomic mass is 16.1. The first-order valence-corrected chi connectivity index (χ1v) is 7.76. The Morgan fingerprint density at radius 1 is 1.00 bits per heavy atom. The Labute approximate surface area is 146 Å². The van der Waals surface area contributed by atoms with E-state index in [4.69, 9.17) is 0 Å². The van der Waals surface area contributed by atoms with Crippen molar-refractivity contribution in [2.45, 2.75) is 6.92 Å². The van der Waals surface area contributed by atoms with Crippen molar-refractivity contribution >= 4 is 23.1 Å². The maximum Gasteiger partial charge on any atom is 0.221 e. The van der Waals surface area contributed by atoms with Crippen LogP contribution in [0.3, 0.4) is 0 Å². The summed E-state index contributed by atoms with van der Waals surface area (Å²) in [6, 6.07) is 21.0. The van der Waals surface area contributed by atoms with E-state index in [9.17, 15) is 10.1 Å². The summed E-state index contributed by atoms with van der Waals surface area (Å²) in [7, 11) is 0. The Hall–Kier alpha value is -3.65. The van der Waals surface area contributed by atoms with E-state index in [1.54, 1.807) is 18.3 Å². The van der Waals surface area contributed by atoms with Gasteiger partial charge in [0.2, 0.25) is 5.91 Å². The van der Waals surface area contributed by atoms with Gasteiger partial charge in [0.1, 0.15) is 11.9 Å². The number of carbonyl (C=O) groups excluding carboxylic acids is 1. The highest BCUT2D eigenvalue weighted by Gasteiger charge is 2.08. The van der Waals surface area contributed by atoms with Crippen LogP contribution in [0.2, 0.25) is 0 Å². The Kier molecular flexibility index (Phi) is 4.72. The standard InChI is InChI=1S/C20H16N4O/c1-14(25)23-18-8-5-9-19(11-18)24-20-16(12-21)10-17(13-22-20)15-6-3-2-4-7-15/h2-11,13H,1H3,(H,22,24)(H,23,25). The van der Waals surface area contributed by atoms with Gasteiger partial charge in [0.25, 0.3) is 0 Å². The molecule has 0 fully saturated rings. The number of rotatable bonds is 4. The Morgan fingerprint density at radius 3 is 2.48 bits per heavy atom. The van der Waals surface area contributed by atoms with Crippen LogP contribution in [0.15, 0.2) is 66.9 Å². The molecule has 0 aliphatic heterocycles. The van der Waals surface area contributed by atoms with Crippen molar-refractivity contribution in [2.24, 2.45) is 0 Å². The van der Waals surface area contributed by atoms with Crippen molar-refractivity contribution in [3.8, 4) is 17.2 Å². The van der Waals surface area contributed by atoms with E-state index < -0.39 is 0 Å². The monoisotopic (exact) mass is 328 g/mol. The summed E-state index contributed by atoms with van der Waals surface area (Å²) in [6.45, 7) is 1.46. The highest BCUT2D eigenvalue weighted by molar-refractivity contribution is 5.89. The predicted molar refractivity (Wildman–Crippen MR) is 98.4 cm³/mol. The molecule has 0 saturated heterocycles. The molecule has 0 unspecified atom stereocenters. The molecule has 0 radical (unpaired) electrons. The Bertz CT molecular complexity index is 945. The lowest BCUT2D eigenvalue weighted by atomic mass is 10.1. The van der Waals surface area contributed by atoms with Crippen LogP contribution in [0, 0.1) is 11.3 Å². The van der Waals surface area contributed by atoms with Crippen LogP contribution in [0.25, 0.3) is 11.1 Å². The first kappa shape index (κ1) is 16.2. The number of amides is 1. The number of nitriles is 1. The number of nitrogens with zero attached hydrogens (tertiary/aromatic N) is 2. The van der Waals surface area contributed by atoms with Gasteiger partial charge in [-0.05, 0) is 29.8 Å². The predicted octanol–water partition coefficient (Wildman–Crippen LogP) is 4.32. The molecule has 0 atom stereocenters. The van der Waals surface area contributed by atoms with Crippen molar-refractivity contribution in [3.05, 3.63) is 72.4 Å². The maximum absolute atomic E-state index is 11.2. The third-order valence-corrected chi connectivity index (χ3v) is 3.56. The van der Waals surface area contributed by atoms with Gasteiger partial charge in [0.15, 0.2) is 0 Å². The zero-order valence-electron chi connectivity index (χ0n) is 13.7. The average Bonchev–Trinajstić information content (AvgIpc) is 2.62. The molecule has 0 bridgehead atoms. The Balaban J connectivity index is 1.88. The van der Waals surface area contributed by atoms with Gasteiger partial charge in [-0.1, -0.05) is 36.4 Å². The maximum atomic E-state index is 11.2. The molecule has 3 aromatic rings. The molecular formula is C20H16N4O. The van der Waals surface area contributed by atoms with Gasteiger partial charge in [0.05, 0.1) is 5.56 Å². The molecule has 0 saturated carbocycles. The van der Waals surface area contributed by atoms with Gasteiger partial charge in [-0.2, -0.15) is 5.26 Å². The SMILES string of the molecule is CC(=O)Nc1cccc(Nc2ncc(-c3ccccc3)cc2C#N)c1. The summed E-state index contributed by atoms with van der Waals surface area (Å²) < 4.78 is 0. The van der Waals surface area contributed by atoms with Gasteiger partial charge < -0.3 is 10.6 Å². The van der Waals surface area contributed by atoms with E-state index in [2.05, 4.69) is 21.7 Å². The summed E-state index contributed by atoms with van der Waals surface area (Å²) in [6.07, 6.45) is 1.73. The van der Waals surface area contributed by atoms with E-state index >= 15 is 0 Å². The molecule has 122 valence electrons. The minimum atomic E-state index is -0.139. The number of aromatic nitrogens is 1. The molecule has 1 heterocycles. The fourth-order valence-electron chi connectivity index (χ4n) is 2.45. The fraction of sp³-hybridized carbons (Fsp3) is 0.0500. The first-order chi connectivity index (χ1) is 12.2. The van der Waals surface area contributed by atoms with Crippen LogP contribution in [0.5, 0.6) is 0 Å². The molecule has 0 aliphatic rings. The summed E-state index contributed by atoms with van der Waals surface area (Å²) in [5.41, 5.74) is 3.76. The fourth-order valence-corrected chi connectivity index (χ4v) is 2.45. The normalized spacial score (nSPS) is 9.92. The summed E-state index contributed by atoms with van der Waals surface area (Å²) in [5, 5.41) is 15.3. The first-order valence-electron chi connectivity index (χ1n) is 7.76. The van der Waals surface area contributed by atoms with E-state index in [0.717, 1.165) is 16.8 Å². The summed E-state index contributed by atoms with van der Waals surface area (Å²) in [5.74, 6) is 0.336. The smallest absolute Gasteiger partial charge is 0.221 e. The molecule has 25 heavy (non-hydrogen) atoms. The molecule has 5 nitrogen and oxygen atoms in total. The molecular weight excluding hydrogens is 312 g/mol. The van der Waals surface area contributed by atoms with Crippen LogP contribution in [-0.2, 0) is 4.79 Å². The second kappa shape index (κ2) is 7.28.